The Morgan fingerprint density at radius 2 is 1.32 bits per heavy atom. The minimum atomic E-state index is 0.917. The molecule has 132 valence electrons. The minimum Gasteiger partial charge on any atom is -0.455 e. The highest BCUT2D eigenvalue weighted by Gasteiger charge is 2.25. The molecule has 1 N–H and O–H groups in total. The van der Waals surface area contributed by atoms with Crippen molar-refractivity contribution in [2.75, 3.05) is 5.32 Å². The SMILES string of the molecule is c1ccc(-c2ccc3c(c2)-c2c(oc4ccccc24)-c2ccccc2N3)cc1. The summed E-state index contributed by atoms with van der Waals surface area (Å²) in [6.45, 7) is 0. The van der Waals surface area contributed by atoms with Gasteiger partial charge >= 0.3 is 0 Å². The number of anilines is 2. The molecule has 28 heavy (non-hydrogen) atoms. The second kappa shape index (κ2) is 5.86. The average Bonchev–Trinajstić information content (AvgIpc) is 3.08. The highest BCUT2D eigenvalue weighted by atomic mass is 16.3. The largest absolute Gasteiger partial charge is 0.455 e. The first-order valence-electron chi connectivity index (χ1n) is 9.46. The summed E-state index contributed by atoms with van der Waals surface area (Å²) in [5, 5.41) is 4.76. The number of hydrogen-bond acceptors (Lipinski definition) is 2. The van der Waals surface area contributed by atoms with Crippen LogP contribution in [0.25, 0.3) is 44.5 Å². The van der Waals surface area contributed by atoms with Gasteiger partial charge in [-0.15, -0.1) is 0 Å². The molecule has 0 fully saturated rings. The van der Waals surface area contributed by atoms with Crippen molar-refractivity contribution in [2.45, 2.75) is 0 Å². The van der Waals surface area contributed by atoms with Crippen LogP contribution in [0.2, 0.25) is 0 Å². The molecule has 0 saturated heterocycles. The first-order chi connectivity index (χ1) is 13.9. The van der Waals surface area contributed by atoms with Crippen LogP contribution >= 0.6 is 0 Å². The maximum atomic E-state index is 6.36. The van der Waals surface area contributed by atoms with E-state index < -0.39 is 0 Å². The first kappa shape index (κ1) is 15.3. The second-order valence-corrected chi connectivity index (χ2v) is 7.10. The molecule has 2 heteroatoms. The van der Waals surface area contributed by atoms with Crippen LogP contribution in [0.4, 0.5) is 11.4 Å². The van der Waals surface area contributed by atoms with E-state index in [1.54, 1.807) is 0 Å². The van der Waals surface area contributed by atoms with Crippen LogP contribution in [0, 0.1) is 0 Å². The Bertz CT molecular complexity index is 1330. The van der Waals surface area contributed by atoms with Crippen molar-refractivity contribution in [3.8, 4) is 33.6 Å². The molecule has 4 aromatic carbocycles. The van der Waals surface area contributed by atoms with Crippen LogP contribution in [0.1, 0.15) is 0 Å². The Morgan fingerprint density at radius 1 is 0.571 bits per heavy atom. The van der Waals surface area contributed by atoms with Crippen LogP contribution in [0.3, 0.4) is 0 Å². The van der Waals surface area contributed by atoms with E-state index in [4.69, 9.17) is 4.42 Å². The average molecular weight is 359 g/mol. The van der Waals surface area contributed by atoms with Gasteiger partial charge in [0.1, 0.15) is 11.3 Å². The molecular weight excluding hydrogens is 342 g/mol. The number of benzene rings is 4. The topological polar surface area (TPSA) is 25.2 Å². The van der Waals surface area contributed by atoms with Crippen molar-refractivity contribution >= 4 is 22.3 Å². The van der Waals surface area contributed by atoms with E-state index in [9.17, 15) is 0 Å². The van der Waals surface area contributed by atoms with Crippen LogP contribution in [0.15, 0.2) is 101 Å². The zero-order chi connectivity index (χ0) is 18.5. The summed E-state index contributed by atoms with van der Waals surface area (Å²) in [5.41, 5.74) is 8.89. The van der Waals surface area contributed by atoms with Gasteiger partial charge < -0.3 is 9.73 Å². The Kier molecular flexibility index (Phi) is 3.20. The third kappa shape index (κ3) is 2.21. The molecule has 0 radical (unpaired) electrons. The Hall–Kier alpha value is -3.78. The lowest BCUT2D eigenvalue weighted by molar-refractivity contribution is 0.633. The van der Waals surface area contributed by atoms with Gasteiger partial charge in [0.05, 0.1) is 0 Å². The molecule has 0 spiro atoms. The van der Waals surface area contributed by atoms with E-state index in [-0.39, 0.29) is 0 Å². The predicted octanol–water partition coefficient (Wildman–Crippen LogP) is 7.49. The van der Waals surface area contributed by atoms with Gasteiger partial charge in [-0.1, -0.05) is 66.7 Å². The lowest BCUT2D eigenvalue weighted by atomic mass is 9.95. The maximum absolute atomic E-state index is 6.36. The van der Waals surface area contributed by atoms with Gasteiger partial charge in [-0.2, -0.15) is 0 Å². The summed E-state index contributed by atoms with van der Waals surface area (Å²) < 4.78 is 6.36. The number of para-hydroxylation sites is 2. The normalized spacial score (nSPS) is 11.9. The van der Waals surface area contributed by atoms with E-state index >= 15 is 0 Å². The fraction of sp³-hybridized carbons (Fsp3) is 0. The number of furan rings is 1. The van der Waals surface area contributed by atoms with Crippen LogP contribution in [0.5, 0.6) is 0 Å². The highest BCUT2D eigenvalue weighted by molar-refractivity contribution is 6.08. The molecule has 1 aliphatic heterocycles. The minimum absolute atomic E-state index is 0.917. The molecule has 2 nitrogen and oxygen atoms in total. The van der Waals surface area contributed by atoms with E-state index in [2.05, 4.69) is 84.2 Å². The molecule has 0 atom stereocenters. The third-order valence-corrected chi connectivity index (χ3v) is 5.43. The van der Waals surface area contributed by atoms with Gasteiger partial charge in [-0.05, 0) is 41.5 Å². The zero-order valence-corrected chi connectivity index (χ0v) is 15.1. The summed E-state index contributed by atoms with van der Waals surface area (Å²) in [6.07, 6.45) is 0. The first-order valence-corrected chi connectivity index (χ1v) is 9.46. The molecule has 1 aliphatic rings. The molecular formula is C26H17NO. The number of fused-ring (bicyclic) bond motifs is 7. The van der Waals surface area contributed by atoms with Crippen molar-refractivity contribution in [2.24, 2.45) is 0 Å². The van der Waals surface area contributed by atoms with Gasteiger partial charge in [0, 0.05) is 33.5 Å². The molecule has 0 saturated carbocycles. The van der Waals surface area contributed by atoms with Gasteiger partial charge in [-0.25, -0.2) is 0 Å². The third-order valence-electron chi connectivity index (χ3n) is 5.43. The van der Waals surface area contributed by atoms with E-state index in [1.165, 1.54) is 11.1 Å². The fourth-order valence-corrected chi connectivity index (χ4v) is 4.11. The molecule has 5 aromatic rings. The van der Waals surface area contributed by atoms with Crippen molar-refractivity contribution in [1.82, 2.24) is 0 Å². The van der Waals surface area contributed by atoms with E-state index in [1.807, 2.05) is 18.2 Å². The molecule has 0 amide bonds. The number of rotatable bonds is 1. The van der Waals surface area contributed by atoms with Crippen LogP contribution in [-0.2, 0) is 0 Å². The maximum Gasteiger partial charge on any atom is 0.145 e. The molecule has 0 aliphatic carbocycles. The van der Waals surface area contributed by atoms with E-state index in [0.29, 0.717) is 0 Å². The molecule has 0 unspecified atom stereocenters. The van der Waals surface area contributed by atoms with Gasteiger partial charge in [0.2, 0.25) is 0 Å². The smallest absolute Gasteiger partial charge is 0.145 e. The molecule has 0 bridgehead atoms. The van der Waals surface area contributed by atoms with Gasteiger partial charge in [0.25, 0.3) is 0 Å². The summed E-state index contributed by atoms with van der Waals surface area (Å²) in [7, 11) is 0. The van der Waals surface area contributed by atoms with Crippen molar-refractivity contribution in [3.05, 3.63) is 97.1 Å². The van der Waals surface area contributed by atoms with Crippen molar-refractivity contribution < 1.29 is 4.42 Å². The zero-order valence-electron chi connectivity index (χ0n) is 15.1. The summed E-state index contributed by atoms with van der Waals surface area (Å²) in [6, 6.07) is 33.7. The number of nitrogens with one attached hydrogen (secondary N) is 1. The predicted molar refractivity (Wildman–Crippen MR) is 116 cm³/mol. The molecule has 6 rings (SSSR count). The number of hydrogen-bond donors (Lipinski definition) is 1. The molecule has 2 heterocycles. The summed E-state index contributed by atoms with van der Waals surface area (Å²) >= 11 is 0. The monoisotopic (exact) mass is 359 g/mol. The molecule has 1 aromatic heterocycles. The Balaban J connectivity index is 1.71. The Labute approximate surface area is 163 Å². The van der Waals surface area contributed by atoms with Gasteiger partial charge in [0.15, 0.2) is 0 Å². The van der Waals surface area contributed by atoms with Gasteiger partial charge in [-0.3, -0.25) is 0 Å². The van der Waals surface area contributed by atoms with Crippen molar-refractivity contribution in [3.63, 3.8) is 0 Å². The van der Waals surface area contributed by atoms with Crippen LogP contribution in [-0.4, -0.2) is 0 Å². The van der Waals surface area contributed by atoms with E-state index in [0.717, 1.165) is 44.8 Å². The summed E-state index contributed by atoms with van der Waals surface area (Å²) in [4.78, 5) is 0. The fourth-order valence-electron chi connectivity index (χ4n) is 4.11. The standard InChI is InChI=1S/C26H17NO/c1-2-8-17(9-3-1)18-14-15-23-21(16-18)25-20-11-5-7-13-24(20)28-26(25)19-10-4-6-12-22(19)27-23/h1-16,27H. The van der Waals surface area contributed by atoms with Crippen molar-refractivity contribution in [1.29, 1.82) is 0 Å². The lowest BCUT2D eigenvalue weighted by Gasteiger charge is -2.12. The summed E-state index contributed by atoms with van der Waals surface area (Å²) in [5.74, 6) is 0.924. The Morgan fingerprint density at radius 3 is 2.25 bits per heavy atom. The highest BCUT2D eigenvalue weighted by Crippen LogP contribution is 2.49. The van der Waals surface area contributed by atoms with Crippen LogP contribution < -0.4 is 5.32 Å². The second-order valence-electron chi connectivity index (χ2n) is 7.10. The quantitative estimate of drug-likeness (QED) is 0.329. The lowest BCUT2D eigenvalue weighted by Crippen LogP contribution is -1.92.